The van der Waals surface area contributed by atoms with E-state index in [0.717, 1.165) is 11.1 Å². The van der Waals surface area contributed by atoms with E-state index in [9.17, 15) is 15.3 Å². The van der Waals surface area contributed by atoms with Crippen LogP contribution < -0.4 is 21.9 Å². The van der Waals surface area contributed by atoms with Crippen molar-refractivity contribution in [2.24, 2.45) is 0 Å². The fourth-order valence-electron chi connectivity index (χ4n) is 2.55. The number of nitrogen functional groups attached to an aromatic ring is 3. The Labute approximate surface area is 182 Å². The van der Waals surface area contributed by atoms with Gasteiger partial charge in [0.1, 0.15) is 18.1 Å². The van der Waals surface area contributed by atoms with E-state index in [1.165, 1.54) is 10.5 Å². The number of hydrogen-bond donors (Lipinski definition) is 6. The number of ether oxygens (including phenoxy) is 1. The molecule has 29 heavy (non-hydrogen) atoms. The van der Waals surface area contributed by atoms with Crippen LogP contribution in [0.25, 0.3) is 11.1 Å². The van der Waals surface area contributed by atoms with Crippen molar-refractivity contribution in [2.45, 2.75) is 13.5 Å². The number of phenolic OH excluding ortho intramolecular Hbond substituents is 3. The van der Waals surface area contributed by atoms with Gasteiger partial charge in [0.2, 0.25) is 0 Å². The van der Waals surface area contributed by atoms with Crippen LogP contribution in [-0.2, 0) is 6.61 Å². The molecule has 0 heterocycles. The standard InChI is InChI=1S/C19H19N3O4.C2H5I/c20-16-11(3-7-14(24)19(16)25)9-26-15-8-6-13(17(21)18(15)22)10-1-4-12(23)5-2-10;1-2-3/h1-8,23-25H,9,20-22H2;2H2,1H3. The summed E-state index contributed by atoms with van der Waals surface area (Å²) in [5.74, 6) is -0.151. The van der Waals surface area contributed by atoms with E-state index in [4.69, 9.17) is 21.9 Å². The van der Waals surface area contributed by atoms with E-state index >= 15 is 0 Å². The Balaban J connectivity index is 0.000000941. The monoisotopic (exact) mass is 509 g/mol. The van der Waals surface area contributed by atoms with Crippen LogP contribution in [0, 0.1) is 0 Å². The first kappa shape index (κ1) is 22.3. The maximum Gasteiger partial charge on any atom is 0.181 e. The van der Waals surface area contributed by atoms with Gasteiger partial charge in [0, 0.05) is 11.1 Å². The molecule has 3 aromatic rings. The second-order valence-electron chi connectivity index (χ2n) is 6.05. The van der Waals surface area contributed by atoms with Crippen LogP contribution in [0.3, 0.4) is 0 Å². The fraction of sp³-hybridized carbons (Fsp3) is 0.143. The molecule has 0 radical (unpaired) electrons. The van der Waals surface area contributed by atoms with Gasteiger partial charge in [-0.15, -0.1) is 0 Å². The normalized spacial score (nSPS) is 10.1. The van der Waals surface area contributed by atoms with Crippen molar-refractivity contribution in [3.63, 3.8) is 0 Å². The topological polar surface area (TPSA) is 148 Å². The molecule has 3 rings (SSSR count). The third-order valence-electron chi connectivity index (χ3n) is 4.09. The van der Waals surface area contributed by atoms with Gasteiger partial charge in [-0.1, -0.05) is 41.6 Å². The highest BCUT2D eigenvalue weighted by atomic mass is 127. The van der Waals surface area contributed by atoms with Crippen LogP contribution >= 0.6 is 22.6 Å². The molecule has 3 aromatic carbocycles. The van der Waals surface area contributed by atoms with E-state index in [2.05, 4.69) is 29.5 Å². The molecule has 0 spiro atoms. The summed E-state index contributed by atoms with van der Waals surface area (Å²) >= 11 is 2.29. The first-order valence-electron chi connectivity index (χ1n) is 8.75. The summed E-state index contributed by atoms with van der Waals surface area (Å²) < 4.78 is 6.89. The molecule has 0 aromatic heterocycles. The van der Waals surface area contributed by atoms with Crippen molar-refractivity contribution < 1.29 is 20.1 Å². The fourth-order valence-corrected chi connectivity index (χ4v) is 2.55. The molecule has 0 bridgehead atoms. The molecule has 0 amide bonds. The minimum absolute atomic E-state index is 0.0391. The molecule has 154 valence electrons. The van der Waals surface area contributed by atoms with Crippen LogP contribution in [0.5, 0.6) is 23.0 Å². The van der Waals surface area contributed by atoms with Gasteiger partial charge in [-0.3, -0.25) is 0 Å². The zero-order valence-electron chi connectivity index (χ0n) is 15.9. The molecule has 0 aliphatic heterocycles. The Kier molecular flexibility index (Phi) is 7.66. The number of hydrogen-bond acceptors (Lipinski definition) is 7. The molecule has 8 heteroatoms. The lowest BCUT2D eigenvalue weighted by Gasteiger charge is -2.15. The zero-order valence-corrected chi connectivity index (χ0v) is 18.1. The summed E-state index contributed by atoms with van der Waals surface area (Å²) in [7, 11) is 0. The third-order valence-corrected chi connectivity index (χ3v) is 4.09. The molecule has 0 fully saturated rings. The van der Waals surface area contributed by atoms with E-state index in [1.54, 1.807) is 42.5 Å². The molecule has 0 aliphatic rings. The van der Waals surface area contributed by atoms with E-state index in [0.29, 0.717) is 17.0 Å². The summed E-state index contributed by atoms with van der Waals surface area (Å²) in [6.45, 7) is 2.16. The van der Waals surface area contributed by atoms with Crippen LogP contribution in [0.2, 0.25) is 0 Å². The van der Waals surface area contributed by atoms with Gasteiger partial charge in [0.05, 0.1) is 17.1 Å². The molecule has 0 saturated carbocycles. The van der Waals surface area contributed by atoms with Crippen LogP contribution in [-0.4, -0.2) is 19.7 Å². The highest BCUT2D eigenvalue weighted by molar-refractivity contribution is 14.1. The Morgan fingerprint density at radius 1 is 0.828 bits per heavy atom. The molecule has 0 aliphatic carbocycles. The van der Waals surface area contributed by atoms with E-state index < -0.39 is 0 Å². The maximum absolute atomic E-state index is 9.67. The number of rotatable bonds is 4. The lowest BCUT2D eigenvalue weighted by atomic mass is 10.0. The van der Waals surface area contributed by atoms with Gasteiger partial charge in [0.25, 0.3) is 0 Å². The highest BCUT2D eigenvalue weighted by Crippen LogP contribution is 2.38. The molecule has 0 unspecified atom stereocenters. The summed E-state index contributed by atoms with van der Waals surface area (Å²) in [6.07, 6.45) is 0. The van der Waals surface area contributed by atoms with Gasteiger partial charge in [-0.2, -0.15) is 0 Å². The van der Waals surface area contributed by atoms with Crippen molar-refractivity contribution in [3.8, 4) is 34.1 Å². The van der Waals surface area contributed by atoms with Gasteiger partial charge in [-0.25, -0.2) is 0 Å². The lowest BCUT2D eigenvalue weighted by Crippen LogP contribution is -2.04. The number of phenols is 3. The number of benzene rings is 3. The third kappa shape index (κ3) is 5.29. The Morgan fingerprint density at radius 3 is 2.07 bits per heavy atom. The largest absolute Gasteiger partial charge is 0.508 e. The number of nitrogens with two attached hydrogens (primary N) is 3. The predicted molar refractivity (Wildman–Crippen MR) is 125 cm³/mol. The van der Waals surface area contributed by atoms with Crippen molar-refractivity contribution in [1.82, 2.24) is 0 Å². The second kappa shape index (κ2) is 9.97. The molecular formula is C21H24IN3O4. The number of alkyl halides is 1. The zero-order chi connectivity index (χ0) is 21.6. The smallest absolute Gasteiger partial charge is 0.181 e. The summed E-state index contributed by atoms with van der Waals surface area (Å²) in [5.41, 5.74) is 20.7. The second-order valence-corrected chi connectivity index (χ2v) is 7.57. The number of halogens is 1. The number of aromatic hydroxyl groups is 3. The molecule has 9 N–H and O–H groups in total. The Hall–Kier alpha value is -3.01. The quantitative estimate of drug-likeness (QED) is 0.133. The van der Waals surface area contributed by atoms with Crippen LogP contribution in [0.15, 0.2) is 48.5 Å². The van der Waals surface area contributed by atoms with E-state index in [1.807, 2.05) is 0 Å². The molecule has 0 atom stereocenters. The minimum Gasteiger partial charge on any atom is -0.508 e. The summed E-state index contributed by atoms with van der Waals surface area (Å²) in [5, 5.41) is 28.5. The van der Waals surface area contributed by atoms with Crippen molar-refractivity contribution in [2.75, 3.05) is 21.6 Å². The first-order chi connectivity index (χ1) is 13.8. The first-order valence-corrected chi connectivity index (χ1v) is 10.3. The average molecular weight is 509 g/mol. The average Bonchev–Trinajstić information content (AvgIpc) is 2.70. The van der Waals surface area contributed by atoms with Gasteiger partial charge in [-0.05, 0) is 46.4 Å². The van der Waals surface area contributed by atoms with E-state index in [-0.39, 0.29) is 35.2 Å². The van der Waals surface area contributed by atoms with Gasteiger partial charge in [0.15, 0.2) is 11.5 Å². The van der Waals surface area contributed by atoms with Crippen LogP contribution in [0.1, 0.15) is 12.5 Å². The highest BCUT2D eigenvalue weighted by Gasteiger charge is 2.13. The van der Waals surface area contributed by atoms with Crippen molar-refractivity contribution >= 4 is 39.7 Å². The Bertz CT molecular complexity index is 979. The summed E-state index contributed by atoms with van der Waals surface area (Å²) in [6, 6.07) is 12.9. The number of anilines is 3. The molecule has 7 nitrogen and oxygen atoms in total. The maximum atomic E-state index is 9.67. The lowest BCUT2D eigenvalue weighted by molar-refractivity contribution is 0.307. The summed E-state index contributed by atoms with van der Waals surface area (Å²) in [4.78, 5) is 0. The SMILES string of the molecule is CCI.Nc1c(OCc2ccc(O)c(O)c2N)ccc(-c2ccc(O)cc2)c1N. The minimum atomic E-state index is -0.388. The van der Waals surface area contributed by atoms with Crippen molar-refractivity contribution in [3.05, 3.63) is 54.1 Å². The molecule has 0 saturated heterocycles. The predicted octanol–water partition coefficient (Wildman–Crippen LogP) is 4.24. The molecular weight excluding hydrogens is 485 g/mol. The van der Waals surface area contributed by atoms with Gasteiger partial charge < -0.3 is 37.3 Å². The van der Waals surface area contributed by atoms with Crippen LogP contribution in [0.4, 0.5) is 17.1 Å². The van der Waals surface area contributed by atoms with Crippen molar-refractivity contribution in [1.29, 1.82) is 0 Å². The van der Waals surface area contributed by atoms with Gasteiger partial charge >= 0.3 is 0 Å². The Morgan fingerprint density at radius 2 is 1.45 bits per heavy atom.